The van der Waals surface area contributed by atoms with Crippen molar-refractivity contribution in [1.82, 2.24) is 0 Å². The van der Waals surface area contributed by atoms with Crippen LogP contribution in [0.5, 0.6) is 0 Å². The Balaban J connectivity index is 1.86. The third-order valence-corrected chi connectivity index (χ3v) is 5.40. The third-order valence-electron chi connectivity index (χ3n) is 4.19. The van der Waals surface area contributed by atoms with Crippen LogP contribution in [-0.4, -0.2) is 26.6 Å². The smallest absolute Gasteiger partial charge is 0.232 e. The number of amides is 1. The number of sulfonamides is 1. The van der Waals surface area contributed by atoms with Gasteiger partial charge in [0.1, 0.15) is 5.82 Å². The zero-order chi connectivity index (χ0) is 18.9. The Morgan fingerprint density at radius 1 is 1.19 bits per heavy atom. The van der Waals surface area contributed by atoms with Gasteiger partial charge in [-0.2, -0.15) is 0 Å². The van der Waals surface area contributed by atoms with Gasteiger partial charge in [-0.1, -0.05) is 29.8 Å². The van der Waals surface area contributed by atoms with E-state index in [0.717, 1.165) is 36.3 Å². The van der Waals surface area contributed by atoms with Gasteiger partial charge in [-0.3, -0.25) is 9.10 Å². The summed E-state index contributed by atoms with van der Waals surface area (Å²) in [5, 5.41) is 2.66. The Kier molecular flexibility index (Phi) is 5.00. The molecule has 0 aliphatic heterocycles. The topological polar surface area (TPSA) is 66.5 Å². The summed E-state index contributed by atoms with van der Waals surface area (Å²) < 4.78 is 39.4. The fourth-order valence-corrected chi connectivity index (χ4v) is 4.11. The van der Waals surface area contributed by atoms with E-state index in [1.54, 1.807) is 0 Å². The van der Waals surface area contributed by atoms with Crippen molar-refractivity contribution in [3.63, 3.8) is 0 Å². The summed E-state index contributed by atoms with van der Waals surface area (Å²) in [6.45, 7) is 1.96. The molecule has 1 amide bonds. The number of hydrogen-bond acceptors (Lipinski definition) is 3. The molecular formula is C19H21FN2O3S. The molecule has 1 N–H and O–H groups in total. The van der Waals surface area contributed by atoms with Crippen LogP contribution in [0.15, 0.2) is 42.5 Å². The molecule has 2 aromatic carbocycles. The van der Waals surface area contributed by atoms with Gasteiger partial charge in [0.15, 0.2) is 0 Å². The third kappa shape index (κ3) is 4.40. The molecule has 1 saturated carbocycles. The van der Waals surface area contributed by atoms with Gasteiger partial charge in [0.2, 0.25) is 15.9 Å². The number of nitrogens with one attached hydrogen (secondary N) is 1. The highest BCUT2D eigenvalue weighted by atomic mass is 32.2. The van der Waals surface area contributed by atoms with Crippen molar-refractivity contribution < 1.29 is 17.6 Å². The van der Waals surface area contributed by atoms with E-state index in [1.165, 1.54) is 16.4 Å². The van der Waals surface area contributed by atoms with Crippen molar-refractivity contribution in [3.8, 4) is 0 Å². The second-order valence-electron chi connectivity index (χ2n) is 6.66. The minimum absolute atomic E-state index is 0.124. The minimum atomic E-state index is -3.53. The van der Waals surface area contributed by atoms with E-state index in [4.69, 9.17) is 0 Å². The quantitative estimate of drug-likeness (QED) is 0.842. The first kappa shape index (κ1) is 18.4. The van der Waals surface area contributed by atoms with Crippen molar-refractivity contribution in [2.24, 2.45) is 0 Å². The van der Waals surface area contributed by atoms with Crippen molar-refractivity contribution >= 4 is 27.3 Å². The second-order valence-corrected chi connectivity index (χ2v) is 8.52. The maximum absolute atomic E-state index is 13.7. The fraction of sp³-hybridized carbons (Fsp3) is 0.316. The number of nitrogens with zero attached hydrogens (tertiary/aromatic N) is 1. The molecule has 3 rings (SSSR count). The number of halogens is 1. The van der Waals surface area contributed by atoms with Gasteiger partial charge in [-0.25, -0.2) is 12.8 Å². The number of carbonyl (C=O) groups excluding carboxylic acids is 1. The van der Waals surface area contributed by atoms with E-state index >= 15 is 0 Å². The number of carbonyl (C=O) groups is 1. The molecule has 138 valence electrons. The summed E-state index contributed by atoms with van der Waals surface area (Å²) >= 11 is 0. The highest BCUT2D eigenvalue weighted by Gasteiger charge is 2.36. The number of hydrogen-bond donors (Lipinski definition) is 1. The summed E-state index contributed by atoms with van der Waals surface area (Å²) in [6.07, 6.45) is 2.74. The molecule has 2 aromatic rings. The van der Waals surface area contributed by atoms with Crippen molar-refractivity contribution in [3.05, 3.63) is 59.4 Å². The minimum Gasteiger partial charge on any atom is -0.324 e. The van der Waals surface area contributed by atoms with Gasteiger partial charge >= 0.3 is 0 Å². The van der Waals surface area contributed by atoms with Gasteiger partial charge < -0.3 is 5.32 Å². The van der Waals surface area contributed by atoms with Gasteiger partial charge in [0.05, 0.1) is 24.1 Å². The van der Waals surface area contributed by atoms with Crippen LogP contribution in [0.4, 0.5) is 15.8 Å². The van der Waals surface area contributed by atoms with Crippen LogP contribution in [0.3, 0.4) is 0 Å². The SMILES string of the molecule is Cc1ccc(CC(=O)Nc2cc(F)ccc2N(C2CC2)S(C)(=O)=O)cc1. The molecule has 5 nitrogen and oxygen atoms in total. The van der Waals surface area contributed by atoms with E-state index < -0.39 is 15.8 Å². The van der Waals surface area contributed by atoms with E-state index in [-0.39, 0.29) is 24.1 Å². The molecule has 0 bridgehead atoms. The first-order valence-electron chi connectivity index (χ1n) is 8.38. The standard InChI is InChI=1S/C19H21FN2O3S/c1-13-3-5-14(6-4-13)11-19(23)21-17-12-15(20)7-10-18(17)22(16-8-9-16)26(2,24)25/h3-7,10,12,16H,8-9,11H2,1-2H3,(H,21,23). The largest absolute Gasteiger partial charge is 0.324 e. The van der Waals surface area contributed by atoms with Crippen LogP contribution in [0.25, 0.3) is 0 Å². The number of anilines is 2. The van der Waals surface area contributed by atoms with Gasteiger partial charge in [-0.15, -0.1) is 0 Å². The van der Waals surface area contributed by atoms with Crippen LogP contribution < -0.4 is 9.62 Å². The van der Waals surface area contributed by atoms with Gasteiger partial charge in [0.25, 0.3) is 0 Å². The molecule has 0 aromatic heterocycles. The van der Waals surface area contributed by atoms with Crippen LogP contribution in [0.1, 0.15) is 24.0 Å². The van der Waals surface area contributed by atoms with Crippen molar-refractivity contribution in [2.75, 3.05) is 15.9 Å². The lowest BCUT2D eigenvalue weighted by molar-refractivity contribution is -0.115. The average Bonchev–Trinajstić information content (AvgIpc) is 3.35. The zero-order valence-corrected chi connectivity index (χ0v) is 15.5. The summed E-state index contributed by atoms with van der Waals surface area (Å²) in [6, 6.07) is 11.2. The molecule has 26 heavy (non-hydrogen) atoms. The fourth-order valence-electron chi connectivity index (χ4n) is 2.84. The van der Waals surface area contributed by atoms with Crippen LogP contribution >= 0.6 is 0 Å². The molecule has 0 atom stereocenters. The first-order chi connectivity index (χ1) is 12.2. The van der Waals surface area contributed by atoms with Crippen LogP contribution in [-0.2, 0) is 21.2 Å². The number of benzene rings is 2. The maximum Gasteiger partial charge on any atom is 0.232 e. The lowest BCUT2D eigenvalue weighted by Gasteiger charge is -2.25. The van der Waals surface area contributed by atoms with Crippen molar-refractivity contribution in [2.45, 2.75) is 32.2 Å². The van der Waals surface area contributed by atoms with Crippen LogP contribution in [0, 0.1) is 12.7 Å². The Morgan fingerprint density at radius 2 is 1.85 bits per heavy atom. The molecule has 0 radical (unpaired) electrons. The Bertz CT molecular complexity index is 922. The molecule has 1 aliphatic carbocycles. The highest BCUT2D eigenvalue weighted by Crippen LogP contribution is 2.38. The molecule has 0 unspecified atom stereocenters. The van der Waals surface area contributed by atoms with Gasteiger partial charge in [0, 0.05) is 6.04 Å². The molecule has 0 saturated heterocycles. The second kappa shape index (κ2) is 7.07. The zero-order valence-electron chi connectivity index (χ0n) is 14.7. The van der Waals surface area contributed by atoms with Gasteiger partial charge in [-0.05, 0) is 43.5 Å². The molecule has 0 heterocycles. The molecule has 0 spiro atoms. The summed E-state index contributed by atoms with van der Waals surface area (Å²) in [7, 11) is -3.53. The average molecular weight is 376 g/mol. The van der Waals surface area contributed by atoms with E-state index in [0.29, 0.717) is 5.69 Å². The number of rotatable bonds is 6. The molecule has 7 heteroatoms. The summed E-state index contributed by atoms with van der Waals surface area (Å²) in [4.78, 5) is 12.4. The Labute approximate surface area is 152 Å². The Morgan fingerprint density at radius 3 is 2.42 bits per heavy atom. The highest BCUT2D eigenvalue weighted by molar-refractivity contribution is 7.92. The molecule has 1 fully saturated rings. The predicted octanol–water partition coefficient (Wildman–Crippen LogP) is 3.24. The summed E-state index contributed by atoms with van der Waals surface area (Å²) in [5.41, 5.74) is 2.39. The Hall–Kier alpha value is -2.41. The van der Waals surface area contributed by atoms with Crippen LogP contribution in [0.2, 0.25) is 0 Å². The van der Waals surface area contributed by atoms with Crippen molar-refractivity contribution in [1.29, 1.82) is 0 Å². The number of aryl methyl sites for hydroxylation is 1. The monoisotopic (exact) mass is 376 g/mol. The van der Waals surface area contributed by atoms with E-state index in [2.05, 4.69) is 5.32 Å². The molecular weight excluding hydrogens is 355 g/mol. The lowest BCUT2D eigenvalue weighted by atomic mass is 10.1. The maximum atomic E-state index is 13.7. The van der Waals surface area contributed by atoms with E-state index in [9.17, 15) is 17.6 Å². The molecule has 1 aliphatic rings. The van der Waals surface area contributed by atoms with E-state index in [1.807, 2.05) is 31.2 Å². The summed E-state index contributed by atoms with van der Waals surface area (Å²) in [5.74, 6) is -0.867. The normalized spacial score (nSPS) is 14.1. The lowest BCUT2D eigenvalue weighted by Crippen LogP contribution is -2.33. The first-order valence-corrected chi connectivity index (χ1v) is 10.2. The predicted molar refractivity (Wildman–Crippen MR) is 100 cm³/mol.